The summed E-state index contributed by atoms with van der Waals surface area (Å²) >= 11 is 5.82. The van der Waals surface area contributed by atoms with Gasteiger partial charge in [0, 0.05) is 5.69 Å². The Balaban J connectivity index is 2.98. The second-order valence-electron chi connectivity index (χ2n) is 2.90. The maximum absolute atomic E-state index is 11.5. The van der Waals surface area contributed by atoms with Crippen molar-refractivity contribution in [1.82, 2.24) is 0 Å². The van der Waals surface area contributed by atoms with Crippen LogP contribution in [0.3, 0.4) is 0 Å². The number of carbonyl (C=O) groups excluding carboxylic acids is 2. The van der Waals surface area contributed by atoms with E-state index in [9.17, 15) is 9.59 Å². The highest BCUT2D eigenvalue weighted by atomic mass is 35.5. The van der Waals surface area contributed by atoms with Crippen LogP contribution in [0.2, 0.25) is 5.02 Å². The number of halogens is 1. The number of rotatable bonds is 3. The number of benzene rings is 1. The molecule has 0 heterocycles. The van der Waals surface area contributed by atoms with E-state index in [0.29, 0.717) is 5.69 Å². The van der Waals surface area contributed by atoms with Gasteiger partial charge in [-0.05, 0) is 25.1 Å². The molecule has 0 unspecified atom stereocenters. The zero-order valence-corrected chi connectivity index (χ0v) is 9.38. The van der Waals surface area contributed by atoms with E-state index in [2.05, 4.69) is 5.32 Å². The highest BCUT2D eigenvalue weighted by Crippen LogP contribution is 2.21. The zero-order chi connectivity index (χ0) is 12.1. The first-order valence-electron chi connectivity index (χ1n) is 4.57. The Kier molecular flexibility index (Phi) is 4.13. The van der Waals surface area contributed by atoms with Crippen LogP contribution in [-0.4, -0.2) is 18.6 Å². The molecule has 0 saturated carbocycles. The molecule has 0 atom stereocenters. The van der Waals surface area contributed by atoms with Crippen molar-refractivity contribution < 1.29 is 14.3 Å². The Morgan fingerprint density at radius 1 is 1.50 bits per heavy atom. The molecule has 0 aliphatic rings. The van der Waals surface area contributed by atoms with Crippen LogP contribution in [0.1, 0.15) is 17.3 Å². The molecule has 86 valence electrons. The van der Waals surface area contributed by atoms with Crippen molar-refractivity contribution in [3.63, 3.8) is 0 Å². The number of hydrogen-bond donors (Lipinski definition) is 2. The van der Waals surface area contributed by atoms with Crippen LogP contribution in [0.15, 0.2) is 18.2 Å². The monoisotopic (exact) mass is 242 g/mol. The molecule has 0 fully saturated rings. The summed E-state index contributed by atoms with van der Waals surface area (Å²) in [6.07, 6.45) is 0. The molecule has 0 saturated heterocycles. The van der Waals surface area contributed by atoms with Gasteiger partial charge < -0.3 is 15.8 Å². The highest BCUT2D eigenvalue weighted by molar-refractivity contribution is 6.33. The maximum atomic E-state index is 11.5. The normalized spacial score (nSPS) is 9.62. The summed E-state index contributed by atoms with van der Waals surface area (Å²) in [5, 5.41) is 2.60. The van der Waals surface area contributed by atoms with Crippen molar-refractivity contribution in [1.29, 1.82) is 0 Å². The van der Waals surface area contributed by atoms with Gasteiger partial charge in [-0.2, -0.15) is 0 Å². The predicted octanol–water partition coefficient (Wildman–Crippen LogP) is 2.01. The average molecular weight is 243 g/mol. The van der Waals surface area contributed by atoms with E-state index in [1.807, 2.05) is 0 Å². The first kappa shape index (κ1) is 12.3. The van der Waals surface area contributed by atoms with Crippen molar-refractivity contribution in [3.8, 4) is 0 Å². The van der Waals surface area contributed by atoms with E-state index in [1.54, 1.807) is 6.92 Å². The zero-order valence-electron chi connectivity index (χ0n) is 8.62. The summed E-state index contributed by atoms with van der Waals surface area (Å²) in [5.74, 6) is -0.541. The molecule has 3 N–H and O–H groups in total. The van der Waals surface area contributed by atoms with Gasteiger partial charge in [-0.25, -0.2) is 9.59 Å². The van der Waals surface area contributed by atoms with Gasteiger partial charge in [-0.3, -0.25) is 0 Å². The number of hydrogen-bond acceptors (Lipinski definition) is 3. The lowest BCUT2D eigenvalue weighted by Gasteiger charge is -2.07. The average Bonchev–Trinajstić information content (AvgIpc) is 2.20. The third-order valence-corrected chi connectivity index (χ3v) is 2.06. The summed E-state index contributed by atoms with van der Waals surface area (Å²) in [6, 6.07) is 3.72. The lowest BCUT2D eigenvalue weighted by molar-refractivity contribution is 0.0526. The number of esters is 1. The molecule has 0 aliphatic carbocycles. The maximum Gasteiger partial charge on any atom is 0.339 e. The molecule has 16 heavy (non-hydrogen) atoms. The largest absolute Gasteiger partial charge is 0.462 e. The smallest absolute Gasteiger partial charge is 0.339 e. The van der Waals surface area contributed by atoms with Gasteiger partial charge >= 0.3 is 12.0 Å². The van der Waals surface area contributed by atoms with Crippen molar-refractivity contribution in [2.24, 2.45) is 5.73 Å². The topological polar surface area (TPSA) is 81.4 Å². The summed E-state index contributed by atoms with van der Waals surface area (Å²) in [5.41, 5.74) is 5.53. The summed E-state index contributed by atoms with van der Waals surface area (Å²) in [6.45, 7) is 1.94. The van der Waals surface area contributed by atoms with Gasteiger partial charge in [-0.1, -0.05) is 11.6 Å². The molecular weight excluding hydrogens is 232 g/mol. The van der Waals surface area contributed by atoms with Crippen LogP contribution in [0, 0.1) is 0 Å². The minimum absolute atomic E-state index is 0.190. The fraction of sp³-hybridized carbons (Fsp3) is 0.200. The molecule has 0 radical (unpaired) electrons. The number of primary amides is 1. The minimum atomic E-state index is -0.711. The number of nitrogens with two attached hydrogens (primary N) is 1. The number of amides is 2. The second kappa shape index (κ2) is 5.37. The number of urea groups is 1. The molecule has 6 heteroatoms. The van der Waals surface area contributed by atoms with Crippen LogP contribution in [0.5, 0.6) is 0 Å². The van der Waals surface area contributed by atoms with Gasteiger partial charge in [0.05, 0.1) is 17.2 Å². The van der Waals surface area contributed by atoms with Crippen LogP contribution in [0.4, 0.5) is 10.5 Å². The first-order chi connectivity index (χ1) is 7.54. The number of nitrogens with one attached hydrogen (secondary N) is 1. The Morgan fingerprint density at radius 3 is 2.75 bits per heavy atom. The molecule has 0 aliphatic heterocycles. The summed E-state index contributed by atoms with van der Waals surface area (Å²) in [4.78, 5) is 22.1. The summed E-state index contributed by atoms with van der Waals surface area (Å²) in [7, 11) is 0. The van der Waals surface area contributed by atoms with Crippen LogP contribution in [-0.2, 0) is 4.74 Å². The van der Waals surface area contributed by atoms with Gasteiger partial charge in [-0.15, -0.1) is 0 Å². The van der Waals surface area contributed by atoms with Crippen molar-refractivity contribution in [2.45, 2.75) is 6.92 Å². The van der Waals surface area contributed by atoms with Gasteiger partial charge in [0.15, 0.2) is 0 Å². The Bertz CT molecular complexity index is 421. The first-order valence-corrected chi connectivity index (χ1v) is 4.95. The molecule has 0 spiro atoms. The van der Waals surface area contributed by atoms with Crippen molar-refractivity contribution in [3.05, 3.63) is 28.8 Å². The Morgan fingerprint density at radius 2 is 2.19 bits per heavy atom. The van der Waals surface area contributed by atoms with Gasteiger partial charge in [0.2, 0.25) is 0 Å². The van der Waals surface area contributed by atoms with Crippen LogP contribution in [0.25, 0.3) is 0 Å². The second-order valence-corrected chi connectivity index (χ2v) is 3.31. The van der Waals surface area contributed by atoms with E-state index in [1.165, 1.54) is 18.2 Å². The quantitative estimate of drug-likeness (QED) is 0.796. The lowest BCUT2D eigenvalue weighted by Crippen LogP contribution is -2.19. The van der Waals surface area contributed by atoms with E-state index < -0.39 is 12.0 Å². The van der Waals surface area contributed by atoms with E-state index in [0.717, 1.165) is 0 Å². The number of carbonyl (C=O) groups is 2. The lowest BCUT2D eigenvalue weighted by atomic mass is 10.2. The van der Waals surface area contributed by atoms with Gasteiger partial charge in [0.1, 0.15) is 0 Å². The molecule has 2 amide bonds. The molecule has 1 aromatic carbocycles. The van der Waals surface area contributed by atoms with E-state index >= 15 is 0 Å². The molecular formula is C10H11ClN2O3. The highest BCUT2D eigenvalue weighted by Gasteiger charge is 2.12. The van der Waals surface area contributed by atoms with Crippen molar-refractivity contribution in [2.75, 3.05) is 11.9 Å². The third kappa shape index (κ3) is 3.13. The van der Waals surface area contributed by atoms with E-state index in [-0.39, 0.29) is 17.2 Å². The molecule has 1 rings (SSSR count). The fourth-order valence-corrected chi connectivity index (χ4v) is 1.31. The summed E-state index contributed by atoms with van der Waals surface area (Å²) < 4.78 is 4.80. The SMILES string of the molecule is CCOC(=O)c1cc(NC(N)=O)ccc1Cl. The minimum Gasteiger partial charge on any atom is -0.462 e. The predicted molar refractivity (Wildman–Crippen MR) is 60.6 cm³/mol. The molecule has 0 bridgehead atoms. The number of ether oxygens (including phenoxy) is 1. The fourth-order valence-electron chi connectivity index (χ4n) is 1.11. The molecule has 5 nitrogen and oxygen atoms in total. The van der Waals surface area contributed by atoms with E-state index in [4.69, 9.17) is 22.1 Å². The molecule has 1 aromatic rings. The third-order valence-electron chi connectivity index (χ3n) is 1.73. The Labute approximate surface area is 97.5 Å². The van der Waals surface area contributed by atoms with Gasteiger partial charge in [0.25, 0.3) is 0 Å². The molecule has 0 aromatic heterocycles. The number of anilines is 1. The van der Waals surface area contributed by atoms with Crippen molar-refractivity contribution >= 4 is 29.3 Å². The standard InChI is InChI=1S/C10H11ClN2O3/c1-2-16-9(14)7-5-6(13-10(12)15)3-4-8(7)11/h3-5H,2H2,1H3,(H3,12,13,15). The van der Waals surface area contributed by atoms with Crippen LogP contribution < -0.4 is 11.1 Å². The van der Waals surface area contributed by atoms with Crippen LogP contribution >= 0.6 is 11.6 Å². The Hall–Kier alpha value is -1.75.